The van der Waals surface area contributed by atoms with Crippen molar-refractivity contribution >= 4 is 11.8 Å². The van der Waals surface area contributed by atoms with Crippen LogP contribution < -0.4 is 0 Å². The molecule has 0 saturated heterocycles. The van der Waals surface area contributed by atoms with Crippen LogP contribution in [0.5, 0.6) is 0 Å². The van der Waals surface area contributed by atoms with Crippen molar-refractivity contribution in [2.75, 3.05) is 0 Å². The maximum absolute atomic E-state index is 12.0. The highest BCUT2D eigenvalue weighted by Crippen LogP contribution is 2.25. The number of allylic oxidation sites excluding steroid dienone is 8. The van der Waals surface area contributed by atoms with Crippen LogP contribution in [-0.4, -0.2) is 16.9 Å². The van der Waals surface area contributed by atoms with E-state index in [1.54, 1.807) is 6.08 Å². The van der Waals surface area contributed by atoms with Crippen LogP contribution in [0, 0.1) is 5.92 Å². The van der Waals surface area contributed by atoms with Gasteiger partial charge in [-0.05, 0) is 44.6 Å². The third kappa shape index (κ3) is 9.85. The first-order chi connectivity index (χ1) is 12.1. The maximum atomic E-state index is 12.0. The van der Waals surface area contributed by atoms with E-state index < -0.39 is 5.97 Å². The molecule has 0 saturated carbocycles. The van der Waals surface area contributed by atoms with Gasteiger partial charge in [0.15, 0.2) is 5.78 Å². The Morgan fingerprint density at radius 2 is 1.84 bits per heavy atom. The Labute approximate surface area is 152 Å². The predicted octanol–water partition coefficient (Wildman–Crippen LogP) is 5.79. The van der Waals surface area contributed by atoms with E-state index in [0.717, 1.165) is 44.1 Å². The molecular weight excluding hydrogens is 312 g/mol. The second-order valence-corrected chi connectivity index (χ2v) is 6.58. The zero-order valence-corrected chi connectivity index (χ0v) is 15.5. The Bertz CT molecular complexity index is 523. The summed E-state index contributed by atoms with van der Waals surface area (Å²) < 4.78 is 0. The molecule has 1 atom stereocenters. The van der Waals surface area contributed by atoms with Crippen LogP contribution in [0.1, 0.15) is 71.1 Å². The SMILES string of the molecule is CCCCC/C=C\C=C1\C(=O)C=C[C@@H]1C/C=C\CCCCCC(=O)O. The second-order valence-electron chi connectivity index (χ2n) is 6.58. The van der Waals surface area contributed by atoms with Crippen molar-refractivity contribution in [1.29, 1.82) is 0 Å². The van der Waals surface area contributed by atoms with E-state index in [1.165, 1.54) is 19.3 Å². The molecule has 0 unspecified atom stereocenters. The van der Waals surface area contributed by atoms with Crippen LogP contribution in [0.25, 0.3) is 0 Å². The number of unbranched alkanes of at least 4 members (excludes halogenated alkanes) is 6. The van der Waals surface area contributed by atoms with Gasteiger partial charge in [-0.3, -0.25) is 9.59 Å². The first-order valence-electron chi connectivity index (χ1n) is 9.61. The van der Waals surface area contributed by atoms with Crippen molar-refractivity contribution in [2.45, 2.75) is 71.1 Å². The third-order valence-electron chi connectivity index (χ3n) is 4.37. The van der Waals surface area contributed by atoms with Gasteiger partial charge < -0.3 is 5.11 Å². The van der Waals surface area contributed by atoms with Crippen LogP contribution in [0.4, 0.5) is 0 Å². The van der Waals surface area contributed by atoms with E-state index >= 15 is 0 Å². The summed E-state index contributed by atoms with van der Waals surface area (Å²) in [5, 5.41) is 8.58. The first kappa shape index (κ1) is 21.1. The summed E-state index contributed by atoms with van der Waals surface area (Å²) in [6.07, 6.45) is 23.7. The van der Waals surface area contributed by atoms with Gasteiger partial charge in [0.05, 0.1) is 0 Å². The van der Waals surface area contributed by atoms with Crippen LogP contribution in [0.2, 0.25) is 0 Å². The van der Waals surface area contributed by atoms with Gasteiger partial charge >= 0.3 is 5.97 Å². The lowest BCUT2D eigenvalue weighted by Crippen LogP contribution is -2.01. The molecule has 0 fully saturated rings. The molecule has 0 spiro atoms. The summed E-state index contributed by atoms with van der Waals surface area (Å²) in [6.45, 7) is 2.20. The van der Waals surface area contributed by atoms with E-state index in [0.29, 0.717) is 0 Å². The van der Waals surface area contributed by atoms with Crippen molar-refractivity contribution in [2.24, 2.45) is 5.92 Å². The smallest absolute Gasteiger partial charge is 0.303 e. The highest BCUT2D eigenvalue weighted by Gasteiger charge is 2.20. The van der Waals surface area contributed by atoms with Gasteiger partial charge in [-0.25, -0.2) is 0 Å². The molecule has 1 aliphatic carbocycles. The minimum absolute atomic E-state index is 0.130. The number of carboxylic acid groups (broad SMARTS) is 1. The highest BCUT2D eigenvalue weighted by molar-refractivity contribution is 6.07. The van der Waals surface area contributed by atoms with Crippen molar-refractivity contribution in [3.8, 4) is 0 Å². The molecule has 25 heavy (non-hydrogen) atoms. The lowest BCUT2D eigenvalue weighted by Gasteiger charge is -2.06. The molecule has 1 aliphatic rings. The molecule has 0 radical (unpaired) electrons. The number of hydrogen-bond donors (Lipinski definition) is 1. The summed E-state index contributed by atoms with van der Waals surface area (Å²) in [5.74, 6) is -0.395. The Kier molecular flexibility index (Phi) is 11.3. The van der Waals surface area contributed by atoms with Crippen molar-refractivity contribution < 1.29 is 14.7 Å². The Hall–Kier alpha value is -1.90. The standard InChI is InChI=1S/C22H32O3/c1-2-3-4-5-9-12-15-20-19(17-18-21(20)23)14-11-8-6-7-10-13-16-22(24)25/h8-9,11-12,15,17-19H,2-7,10,13-14,16H2,1H3,(H,24,25)/b11-8-,12-9-,20-15+/t19-/m0/s1. The third-order valence-corrected chi connectivity index (χ3v) is 4.37. The lowest BCUT2D eigenvalue weighted by molar-refractivity contribution is -0.137. The van der Waals surface area contributed by atoms with E-state index in [-0.39, 0.29) is 18.1 Å². The number of carbonyl (C=O) groups is 2. The summed E-state index contributed by atoms with van der Waals surface area (Å²) in [7, 11) is 0. The molecule has 1 N–H and O–H groups in total. The maximum Gasteiger partial charge on any atom is 0.303 e. The molecule has 0 bridgehead atoms. The summed E-state index contributed by atoms with van der Waals surface area (Å²) in [6, 6.07) is 0. The van der Waals surface area contributed by atoms with E-state index in [2.05, 4.69) is 25.2 Å². The van der Waals surface area contributed by atoms with Crippen molar-refractivity contribution in [1.82, 2.24) is 0 Å². The van der Waals surface area contributed by atoms with E-state index in [1.807, 2.05) is 18.2 Å². The quantitative estimate of drug-likeness (QED) is 0.261. The zero-order valence-electron chi connectivity index (χ0n) is 15.5. The van der Waals surface area contributed by atoms with Gasteiger partial charge in [0.25, 0.3) is 0 Å². The zero-order chi connectivity index (χ0) is 18.3. The summed E-state index contributed by atoms with van der Waals surface area (Å²) >= 11 is 0. The first-order valence-corrected chi connectivity index (χ1v) is 9.61. The highest BCUT2D eigenvalue weighted by atomic mass is 16.4. The molecule has 3 nitrogen and oxygen atoms in total. The Morgan fingerprint density at radius 1 is 1.08 bits per heavy atom. The molecule has 0 aliphatic heterocycles. The fourth-order valence-corrected chi connectivity index (χ4v) is 2.85. The van der Waals surface area contributed by atoms with Gasteiger partial charge in [0, 0.05) is 17.9 Å². The topological polar surface area (TPSA) is 54.4 Å². The van der Waals surface area contributed by atoms with Crippen LogP contribution in [0.15, 0.2) is 48.1 Å². The van der Waals surface area contributed by atoms with Gasteiger partial charge in [0.1, 0.15) is 0 Å². The molecule has 0 aromatic carbocycles. The number of rotatable bonds is 13. The second kappa shape index (κ2) is 13.4. The average molecular weight is 344 g/mol. The van der Waals surface area contributed by atoms with Crippen molar-refractivity contribution in [3.63, 3.8) is 0 Å². The Balaban J connectivity index is 2.28. The Morgan fingerprint density at radius 3 is 2.60 bits per heavy atom. The van der Waals surface area contributed by atoms with Gasteiger partial charge in [-0.15, -0.1) is 0 Å². The predicted molar refractivity (Wildman–Crippen MR) is 103 cm³/mol. The number of aliphatic carboxylic acids is 1. The fourth-order valence-electron chi connectivity index (χ4n) is 2.85. The van der Waals surface area contributed by atoms with Crippen molar-refractivity contribution in [3.05, 3.63) is 48.1 Å². The van der Waals surface area contributed by atoms with Crippen LogP contribution in [0.3, 0.4) is 0 Å². The average Bonchev–Trinajstić information content (AvgIpc) is 2.93. The molecule has 0 heterocycles. The molecule has 0 amide bonds. The normalized spacial score (nSPS) is 19.0. The molecule has 0 aromatic heterocycles. The van der Waals surface area contributed by atoms with E-state index in [9.17, 15) is 9.59 Å². The lowest BCUT2D eigenvalue weighted by atomic mass is 9.97. The molecule has 138 valence electrons. The minimum Gasteiger partial charge on any atom is -0.481 e. The molecular formula is C22H32O3. The number of carboxylic acids is 1. The molecule has 3 heteroatoms. The van der Waals surface area contributed by atoms with Gasteiger partial charge in [0.2, 0.25) is 0 Å². The number of hydrogen-bond acceptors (Lipinski definition) is 2. The minimum atomic E-state index is -0.716. The van der Waals surface area contributed by atoms with Crippen LogP contribution in [-0.2, 0) is 9.59 Å². The van der Waals surface area contributed by atoms with Gasteiger partial charge in [-0.2, -0.15) is 0 Å². The fraction of sp³-hybridized carbons (Fsp3) is 0.545. The monoisotopic (exact) mass is 344 g/mol. The largest absolute Gasteiger partial charge is 0.481 e. The summed E-state index contributed by atoms with van der Waals surface area (Å²) in [4.78, 5) is 22.4. The molecule has 1 rings (SSSR count). The number of carbonyl (C=O) groups excluding carboxylic acids is 1. The molecule has 0 aromatic rings. The van der Waals surface area contributed by atoms with Crippen LogP contribution >= 0.6 is 0 Å². The number of ketones is 1. The van der Waals surface area contributed by atoms with E-state index in [4.69, 9.17) is 5.11 Å². The van der Waals surface area contributed by atoms with Gasteiger partial charge in [-0.1, -0.05) is 62.6 Å². The summed E-state index contributed by atoms with van der Waals surface area (Å²) in [5.41, 5.74) is 0.887.